The van der Waals surface area contributed by atoms with Gasteiger partial charge in [-0.3, -0.25) is 4.79 Å². The number of amides is 1. The highest BCUT2D eigenvalue weighted by atomic mass is 35.5. The van der Waals surface area contributed by atoms with Crippen LogP contribution in [0.25, 0.3) is 0 Å². The highest BCUT2D eigenvalue weighted by Crippen LogP contribution is 2.26. The lowest BCUT2D eigenvalue weighted by Gasteiger charge is -2.14. The number of carbonyl (C=O) groups excluding carboxylic acids is 1. The first-order valence-corrected chi connectivity index (χ1v) is 9.85. The molecule has 0 unspecified atom stereocenters. The Morgan fingerprint density at radius 1 is 1.12 bits per heavy atom. The number of benzene rings is 2. The molecule has 0 aliphatic carbocycles. The SMILES string of the molecule is CC(C)Oc1ccccc1NC(=O)CCS(=O)(=O)c1ccccc1Cl. The Kier molecular flexibility index (Phi) is 6.45. The standard InChI is InChI=1S/C18H20ClNO4S/c1-13(2)24-16-9-5-4-8-15(16)20-18(21)11-12-25(22,23)17-10-6-3-7-14(17)19/h3-10,13H,11-12H2,1-2H3,(H,20,21). The topological polar surface area (TPSA) is 72.5 Å². The third-order valence-electron chi connectivity index (χ3n) is 3.29. The Labute approximate surface area is 152 Å². The largest absolute Gasteiger partial charge is 0.489 e. The number of rotatable bonds is 7. The van der Waals surface area contributed by atoms with Gasteiger partial charge < -0.3 is 10.1 Å². The van der Waals surface area contributed by atoms with E-state index in [0.29, 0.717) is 11.4 Å². The van der Waals surface area contributed by atoms with Crippen molar-refractivity contribution in [1.82, 2.24) is 0 Å². The zero-order chi connectivity index (χ0) is 18.4. The van der Waals surface area contributed by atoms with Gasteiger partial charge in [-0.15, -0.1) is 0 Å². The Hall–Kier alpha value is -2.05. The molecule has 2 rings (SSSR count). The van der Waals surface area contributed by atoms with E-state index >= 15 is 0 Å². The minimum Gasteiger partial charge on any atom is -0.489 e. The van der Waals surface area contributed by atoms with Crippen LogP contribution in [0.15, 0.2) is 53.4 Å². The molecule has 0 fully saturated rings. The highest BCUT2D eigenvalue weighted by Gasteiger charge is 2.19. The highest BCUT2D eigenvalue weighted by molar-refractivity contribution is 7.91. The van der Waals surface area contributed by atoms with Crippen molar-refractivity contribution in [3.8, 4) is 5.75 Å². The lowest BCUT2D eigenvalue weighted by molar-refractivity contribution is -0.115. The van der Waals surface area contributed by atoms with Crippen molar-refractivity contribution in [1.29, 1.82) is 0 Å². The first kappa shape index (κ1) is 19.3. The molecule has 0 spiro atoms. The Morgan fingerprint density at radius 2 is 1.76 bits per heavy atom. The van der Waals surface area contributed by atoms with Crippen molar-refractivity contribution < 1.29 is 17.9 Å². The first-order chi connectivity index (χ1) is 11.8. The molecule has 0 bridgehead atoms. The zero-order valence-electron chi connectivity index (χ0n) is 14.0. The summed E-state index contributed by atoms with van der Waals surface area (Å²) in [6.07, 6.45) is -0.220. The first-order valence-electron chi connectivity index (χ1n) is 7.82. The van der Waals surface area contributed by atoms with E-state index in [1.54, 1.807) is 36.4 Å². The maximum Gasteiger partial charge on any atom is 0.225 e. The maximum absolute atomic E-state index is 12.3. The number of nitrogens with one attached hydrogen (secondary N) is 1. The van der Waals surface area contributed by atoms with Crippen LogP contribution < -0.4 is 10.1 Å². The monoisotopic (exact) mass is 381 g/mol. The van der Waals surface area contributed by atoms with E-state index in [9.17, 15) is 13.2 Å². The van der Waals surface area contributed by atoms with Crippen molar-refractivity contribution in [2.45, 2.75) is 31.3 Å². The van der Waals surface area contributed by atoms with Gasteiger partial charge in [0.25, 0.3) is 0 Å². The Bertz CT molecular complexity index is 850. The van der Waals surface area contributed by atoms with Gasteiger partial charge in [-0.05, 0) is 38.1 Å². The molecule has 1 amide bonds. The van der Waals surface area contributed by atoms with E-state index in [-0.39, 0.29) is 28.2 Å². The number of para-hydroxylation sites is 2. The molecule has 0 aliphatic rings. The smallest absolute Gasteiger partial charge is 0.225 e. The molecular formula is C18H20ClNO4S. The molecular weight excluding hydrogens is 362 g/mol. The molecule has 0 saturated heterocycles. The summed E-state index contributed by atoms with van der Waals surface area (Å²) in [5, 5.41) is 2.84. The molecule has 0 radical (unpaired) electrons. The fourth-order valence-corrected chi connectivity index (χ4v) is 3.99. The molecule has 2 aromatic carbocycles. The second kappa shape index (κ2) is 8.36. The van der Waals surface area contributed by atoms with Gasteiger partial charge in [0, 0.05) is 6.42 Å². The van der Waals surface area contributed by atoms with Gasteiger partial charge in [-0.25, -0.2) is 8.42 Å². The third kappa shape index (κ3) is 5.47. The van der Waals surface area contributed by atoms with Crippen LogP contribution in [0.3, 0.4) is 0 Å². The van der Waals surface area contributed by atoms with E-state index in [1.165, 1.54) is 12.1 Å². The van der Waals surface area contributed by atoms with Crippen LogP contribution in [0.2, 0.25) is 5.02 Å². The van der Waals surface area contributed by atoms with Crippen molar-refractivity contribution >= 4 is 33.0 Å². The number of hydrogen-bond donors (Lipinski definition) is 1. The lowest BCUT2D eigenvalue weighted by atomic mass is 10.2. The summed E-state index contributed by atoms with van der Waals surface area (Å²) < 4.78 is 30.3. The third-order valence-corrected chi connectivity index (χ3v) is 5.50. The van der Waals surface area contributed by atoms with Gasteiger partial charge in [-0.1, -0.05) is 35.9 Å². The van der Waals surface area contributed by atoms with Gasteiger partial charge in [-0.2, -0.15) is 0 Å². The number of sulfone groups is 1. The van der Waals surface area contributed by atoms with Crippen LogP contribution in [0.5, 0.6) is 5.75 Å². The number of ether oxygens (including phenoxy) is 1. The predicted octanol–water partition coefficient (Wildman–Crippen LogP) is 3.93. The van der Waals surface area contributed by atoms with E-state index in [4.69, 9.17) is 16.3 Å². The molecule has 0 atom stereocenters. The van der Waals surface area contributed by atoms with Crippen LogP contribution >= 0.6 is 11.6 Å². The lowest BCUT2D eigenvalue weighted by Crippen LogP contribution is -2.18. The predicted molar refractivity (Wildman–Crippen MR) is 99.0 cm³/mol. The quantitative estimate of drug-likeness (QED) is 0.788. The van der Waals surface area contributed by atoms with Crippen LogP contribution in [-0.2, 0) is 14.6 Å². The maximum atomic E-state index is 12.3. The van der Waals surface area contributed by atoms with E-state index < -0.39 is 15.7 Å². The van der Waals surface area contributed by atoms with E-state index in [1.807, 2.05) is 13.8 Å². The number of anilines is 1. The van der Waals surface area contributed by atoms with Crippen LogP contribution in [0, 0.1) is 0 Å². The fraction of sp³-hybridized carbons (Fsp3) is 0.278. The van der Waals surface area contributed by atoms with Gasteiger partial charge >= 0.3 is 0 Å². The second-order valence-electron chi connectivity index (χ2n) is 5.71. The summed E-state index contributed by atoms with van der Waals surface area (Å²) in [6.45, 7) is 3.77. The van der Waals surface area contributed by atoms with Crippen LogP contribution in [0.1, 0.15) is 20.3 Å². The molecule has 0 aliphatic heterocycles. The van der Waals surface area contributed by atoms with Gasteiger partial charge in [0.2, 0.25) is 5.91 Å². The number of hydrogen-bond acceptors (Lipinski definition) is 4. The fourth-order valence-electron chi connectivity index (χ4n) is 2.17. The van der Waals surface area contributed by atoms with Crippen molar-refractivity contribution in [2.75, 3.05) is 11.1 Å². The minimum atomic E-state index is -3.63. The van der Waals surface area contributed by atoms with Gasteiger partial charge in [0.1, 0.15) is 5.75 Å². The van der Waals surface area contributed by atoms with Crippen LogP contribution in [0.4, 0.5) is 5.69 Å². The van der Waals surface area contributed by atoms with Crippen molar-refractivity contribution in [3.05, 3.63) is 53.6 Å². The number of carbonyl (C=O) groups is 1. The van der Waals surface area contributed by atoms with Gasteiger partial charge in [0.15, 0.2) is 9.84 Å². The second-order valence-corrected chi connectivity index (χ2v) is 8.20. The van der Waals surface area contributed by atoms with Crippen molar-refractivity contribution in [2.24, 2.45) is 0 Å². The molecule has 0 saturated carbocycles. The molecule has 25 heavy (non-hydrogen) atoms. The Morgan fingerprint density at radius 3 is 2.44 bits per heavy atom. The number of halogens is 1. The van der Waals surface area contributed by atoms with E-state index in [0.717, 1.165) is 0 Å². The minimum absolute atomic E-state index is 0.0352. The molecule has 0 aromatic heterocycles. The summed E-state index contributed by atoms with van der Waals surface area (Å²) in [5.74, 6) is -0.189. The molecule has 2 aromatic rings. The van der Waals surface area contributed by atoms with Gasteiger partial charge in [0.05, 0.1) is 27.5 Å². The molecule has 0 heterocycles. The molecule has 5 nitrogen and oxygen atoms in total. The van der Waals surface area contributed by atoms with Crippen molar-refractivity contribution in [3.63, 3.8) is 0 Å². The molecule has 134 valence electrons. The molecule has 1 N–H and O–H groups in total. The molecule has 7 heteroatoms. The summed E-state index contributed by atoms with van der Waals surface area (Å²) in [7, 11) is -3.63. The summed E-state index contributed by atoms with van der Waals surface area (Å²) in [5.41, 5.74) is 0.511. The summed E-state index contributed by atoms with van der Waals surface area (Å²) >= 11 is 5.93. The average Bonchev–Trinajstić information content (AvgIpc) is 2.55. The normalized spacial score (nSPS) is 11.4. The Balaban J connectivity index is 2.03. The van der Waals surface area contributed by atoms with E-state index in [2.05, 4.69) is 5.32 Å². The summed E-state index contributed by atoms with van der Waals surface area (Å²) in [6, 6.07) is 13.2. The van der Waals surface area contributed by atoms with Crippen LogP contribution in [-0.4, -0.2) is 26.2 Å². The average molecular weight is 382 g/mol. The zero-order valence-corrected chi connectivity index (χ0v) is 15.6. The summed E-state index contributed by atoms with van der Waals surface area (Å²) in [4.78, 5) is 12.2.